The van der Waals surface area contributed by atoms with Gasteiger partial charge in [-0.25, -0.2) is 0 Å². The van der Waals surface area contributed by atoms with Gasteiger partial charge in [0, 0.05) is 19.6 Å². The normalized spacial score (nSPS) is 18.5. The van der Waals surface area contributed by atoms with E-state index in [2.05, 4.69) is 20.4 Å². The summed E-state index contributed by atoms with van der Waals surface area (Å²) in [5.41, 5.74) is 1.06. The van der Waals surface area contributed by atoms with Gasteiger partial charge in [0.1, 0.15) is 0 Å². The first-order chi connectivity index (χ1) is 11.7. The summed E-state index contributed by atoms with van der Waals surface area (Å²) in [5.74, 6) is 0.832. The molecule has 1 unspecified atom stereocenters. The zero-order valence-corrected chi connectivity index (χ0v) is 13.8. The molecule has 0 aliphatic carbocycles. The number of nitrogens with zero attached hydrogens (tertiary/aromatic N) is 3. The van der Waals surface area contributed by atoms with Crippen LogP contribution in [0.4, 0.5) is 0 Å². The molecule has 1 aliphatic rings. The van der Waals surface area contributed by atoms with Crippen LogP contribution in [0.25, 0.3) is 0 Å². The summed E-state index contributed by atoms with van der Waals surface area (Å²) >= 11 is 0. The van der Waals surface area contributed by atoms with Crippen LogP contribution in [0.15, 0.2) is 34.9 Å². The second-order valence-electron chi connectivity index (χ2n) is 5.96. The van der Waals surface area contributed by atoms with Gasteiger partial charge in [0.25, 0.3) is 0 Å². The Bertz CT molecular complexity index is 659. The fourth-order valence-electron chi connectivity index (χ4n) is 2.65. The lowest BCUT2D eigenvalue weighted by molar-refractivity contribution is -0.120. The molecule has 128 valence electrons. The SMILES string of the molecule is CC1CN(Cc2nc(CC(=O)NCc3ccccc3)no2)CCO1. The minimum Gasteiger partial charge on any atom is -0.376 e. The van der Waals surface area contributed by atoms with E-state index in [-0.39, 0.29) is 18.4 Å². The molecule has 1 aromatic heterocycles. The molecule has 0 saturated carbocycles. The van der Waals surface area contributed by atoms with E-state index in [4.69, 9.17) is 9.26 Å². The molecular weight excluding hydrogens is 308 g/mol. The Labute approximate surface area is 141 Å². The van der Waals surface area contributed by atoms with Crippen molar-refractivity contribution in [2.45, 2.75) is 32.5 Å². The fraction of sp³-hybridized carbons (Fsp3) is 0.471. The van der Waals surface area contributed by atoms with Crippen molar-refractivity contribution in [3.05, 3.63) is 47.6 Å². The van der Waals surface area contributed by atoms with E-state index in [0.717, 1.165) is 18.7 Å². The number of nitrogens with one attached hydrogen (secondary N) is 1. The molecule has 1 saturated heterocycles. The Morgan fingerprint density at radius 2 is 2.21 bits per heavy atom. The highest BCUT2D eigenvalue weighted by atomic mass is 16.5. The average Bonchev–Trinajstić information content (AvgIpc) is 3.01. The third kappa shape index (κ3) is 4.87. The number of ether oxygens (including phenoxy) is 1. The number of amides is 1. The topological polar surface area (TPSA) is 80.5 Å². The van der Waals surface area contributed by atoms with E-state index in [1.54, 1.807) is 0 Å². The highest BCUT2D eigenvalue weighted by molar-refractivity contribution is 5.77. The Hall–Kier alpha value is -2.25. The molecule has 0 radical (unpaired) electrons. The van der Waals surface area contributed by atoms with Gasteiger partial charge in [-0.15, -0.1) is 0 Å². The van der Waals surface area contributed by atoms with Gasteiger partial charge in [0.05, 0.1) is 25.7 Å². The maximum absolute atomic E-state index is 12.0. The molecule has 1 amide bonds. The van der Waals surface area contributed by atoms with Crippen LogP contribution >= 0.6 is 0 Å². The number of hydrogen-bond donors (Lipinski definition) is 1. The molecule has 0 bridgehead atoms. The monoisotopic (exact) mass is 330 g/mol. The summed E-state index contributed by atoms with van der Waals surface area (Å²) < 4.78 is 10.7. The number of morpholine rings is 1. The number of carbonyl (C=O) groups excluding carboxylic acids is 1. The van der Waals surface area contributed by atoms with Crippen LogP contribution in [0, 0.1) is 0 Å². The average molecular weight is 330 g/mol. The van der Waals surface area contributed by atoms with E-state index < -0.39 is 0 Å². The lowest BCUT2D eigenvalue weighted by Gasteiger charge is -2.29. The molecule has 1 N–H and O–H groups in total. The first-order valence-corrected chi connectivity index (χ1v) is 8.15. The first-order valence-electron chi connectivity index (χ1n) is 8.15. The second kappa shape index (κ2) is 8.03. The number of rotatable bonds is 6. The summed E-state index contributed by atoms with van der Waals surface area (Å²) in [7, 11) is 0. The van der Waals surface area contributed by atoms with E-state index in [1.165, 1.54) is 0 Å². The van der Waals surface area contributed by atoms with Crippen LogP contribution in [0.2, 0.25) is 0 Å². The van der Waals surface area contributed by atoms with Crippen molar-refractivity contribution in [3.8, 4) is 0 Å². The van der Waals surface area contributed by atoms with Gasteiger partial charge in [-0.1, -0.05) is 35.5 Å². The van der Waals surface area contributed by atoms with Crippen LogP contribution < -0.4 is 5.32 Å². The number of hydrogen-bond acceptors (Lipinski definition) is 6. The molecular formula is C17H22N4O3. The molecule has 0 spiro atoms. The van der Waals surface area contributed by atoms with Crippen molar-refractivity contribution in [1.82, 2.24) is 20.4 Å². The van der Waals surface area contributed by atoms with Crippen LogP contribution in [0.5, 0.6) is 0 Å². The smallest absolute Gasteiger partial charge is 0.240 e. The summed E-state index contributed by atoms with van der Waals surface area (Å²) in [6.45, 7) is 5.53. The summed E-state index contributed by atoms with van der Waals surface area (Å²) in [4.78, 5) is 18.5. The molecule has 1 aromatic carbocycles. The molecule has 2 aromatic rings. The van der Waals surface area contributed by atoms with Gasteiger partial charge in [-0.2, -0.15) is 4.98 Å². The third-order valence-electron chi connectivity index (χ3n) is 3.85. The highest BCUT2D eigenvalue weighted by Gasteiger charge is 2.19. The largest absolute Gasteiger partial charge is 0.376 e. The Morgan fingerprint density at radius 3 is 3.00 bits per heavy atom. The Kier molecular flexibility index (Phi) is 5.55. The van der Waals surface area contributed by atoms with Crippen LogP contribution in [-0.2, 0) is 29.0 Å². The zero-order chi connectivity index (χ0) is 16.8. The molecule has 1 atom stereocenters. The summed E-state index contributed by atoms with van der Waals surface area (Å²) in [6, 6.07) is 9.77. The number of aromatic nitrogens is 2. The number of carbonyl (C=O) groups is 1. The standard InChI is InChI=1S/C17H22N4O3/c1-13-11-21(7-8-23-13)12-17-19-15(20-24-17)9-16(22)18-10-14-5-3-2-4-6-14/h2-6,13H,7-12H2,1H3,(H,18,22). The predicted molar refractivity (Wildman–Crippen MR) is 87.0 cm³/mol. The van der Waals surface area contributed by atoms with Crippen molar-refractivity contribution in [2.75, 3.05) is 19.7 Å². The molecule has 7 nitrogen and oxygen atoms in total. The van der Waals surface area contributed by atoms with Crippen LogP contribution in [-0.4, -0.2) is 46.7 Å². The van der Waals surface area contributed by atoms with E-state index in [9.17, 15) is 4.79 Å². The number of benzene rings is 1. The highest BCUT2D eigenvalue weighted by Crippen LogP contribution is 2.09. The van der Waals surface area contributed by atoms with Gasteiger partial charge in [-0.05, 0) is 12.5 Å². The molecule has 24 heavy (non-hydrogen) atoms. The quantitative estimate of drug-likeness (QED) is 0.856. The maximum atomic E-state index is 12.0. The van der Waals surface area contributed by atoms with Crippen molar-refractivity contribution in [2.24, 2.45) is 0 Å². The van der Waals surface area contributed by atoms with Crippen molar-refractivity contribution in [1.29, 1.82) is 0 Å². The van der Waals surface area contributed by atoms with Crippen LogP contribution in [0.1, 0.15) is 24.2 Å². The van der Waals surface area contributed by atoms with Gasteiger partial charge < -0.3 is 14.6 Å². The minimum atomic E-state index is -0.119. The van der Waals surface area contributed by atoms with Gasteiger partial charge >= 0.3 is 0 Å². The van der Waals surface area contributed by atoms with Crippen LogP contribution in [0.3, 0.4) is 0 Å². The van der Waals surface area contributed by atoms with E-state index in [1.807, 2.05) is 37.3 Å². The maximum Gasteiger partial charge on any atom is 0.240 e. The predicted octanol–water partition coefficient (Wildman–Crippen LogP) is 1.15. The molecule has 7 heteroatoms. The van der Waals surface area contributed by atoms with E-state index >= 15 is 0 Å². The molecule has 3 rings (SSSR count). The first kappa shape index (κ1) is 16.6. The second-order valence-corrected chi connectivity index (χ2v) is 5.96. The molecule has 2 heterocycles. The van der Waals surface area contributed by atoms with E-state index in [0.29, 0.717) is 31.4 Å². The Balaban J connectivity index is 1.46. The van der Waals surface area contributed by atoms with Gasteiger partial charge in [0.2, 0.25) is 11.8 Å². The zero-order valence-electron chi connectivity index (χ0n) is 13.8. The molecule has 1 fully saturated rings. The molecule has 1 aliphatic heterocycles. The third-order valence-corrected chi connectivity index (χ3v) is 3.85. The van der Waals surface area contributed by atoms with Gasteiger partial charge in [0.15, 0.2) is 5.82 Å². The van der Waals surface area contributed by atoms with Gasteiger partial charge in [-0.3, -0.25) is 9.69 Å². The Morgan fingerprint density at radius 1 is 1.38 bits per heavy atom. The summed E-state index contributed by atoms with van der Waals surface area (Å²) in [5, 5.41) is 6.75. The van der Waals surface area contributed by atoms with Crippen molar-refractivity contribution in [3.63, 3.8) is 0 Å². The fourth-order valence-corrected chi connectivity index (χ4v) is 2.65. The lowest BCUT2D eigenvalue weighted by Crippen LogP contribution is -2.40. The van der Waals surface area contributed by atoms with Crippen molar-refractivity contribution < 1.29 is 14.1 Å². The summed E-state index contributed by atoms with van der Waals surface area (Å²) in [6.07, 6.45) is 0.334. The lowest BCUT2D eigenvalue weighted by atomic mass is 10.2. The van der Waals surface area contributed by atoms with Crippen molar-refractivity contribution >= 4 is 5.91 Å². The minimum absolute atomic E-state index is 0.119.